The van der Waals surface area contributed by atoms with E-state index in [-0.39, 0.29) is 0 Å². The number of nitrogens with one attached hydrogen (secondary N) is 3. The number of aliphatic hydroxyl groups is 1. The number of rotatable bonds is 9. The van der Waals surface area contributed by atoms with Crippen molar-refractivity contribution in [2.75, 3.05) is 50.0 Å². The molecule has 4 rings (SSSR count). The van der Waals surface area contributed by atoms with Crippen LogP contribution in [-0.4, -0.2) is 80.7 Å². The summed E-state index contributed by atoms with van der Waals surface area (Å²) in [6, 6.07) is 9.35. The highest BCUT2D eigenvalue weighted by Gasteiger charge is 2.15. The molecule has 1 aliphatic heterocycles. The summed E-state index contributed by atoms with van der Waals surface area (Å²) in [5.74, 6) is 1.74. The number of ether oxygens (including phenoxy) is 1. The zero-order valence-electron chi connectivity index (χ0n) is 18.3. The van der Waals surface area contributed by atoms with Crippen molar-refractivity contribution in [1.82, 2.24) is 30.0 Å². The van der Waals surface area contributed by atoms with Crippen molar-refractivity contribution >= 4 is 41.5 Å². The number of benzene rings is 1. The summed E-state index contributed by atoms with van der Waals surface area (Å²) in [4.78, 5) is 15.5. The largest absolute Gasteiger partial charge is 0.390 e. The Morgan fingerprint density at radius 3 is 2.76 bits per heavy atom. The average molecular weight is 471 g/mol. The van der Waals surface area contributed by atoms with Crippen LogP contribution in [0, 0.1) is 6.92 Å². The van der Waals surface area contributed by atoms with Crippen LogP contribution in [-0.2, 0) is 4.74 Å². The molecule has 1 saturated heterocycles. The number of nitrogens with zero attached hydrogens (tertiary/aromatic N) is 5. The van der Waals surface area contributed by atoms with Crippen molar-refractivity contribution in [2.45, 2.75) is 13.0 Å². The number of morpholine rings is 1. The van der Waals surface area contributed by atoms with Gasteiger partial charge >= 0.3 is 0 Å². The zero-order valence-corrected chi connectivity index (χ0v) is 19.1. The number of aliphatic hydroxyl groups excluding tert-OH is 1. The molecule has 1 unspecified atom stereocenters. The number of β-amino-alcohol motifs (C(OH)–C–C–N with tert-alkyl or cyclic N) is 1. The minimum absolute atomic E-state index is 0.305. The third-order valence-electron chi connectivity index (χ3n) is 4.94. The van der Waals surface area contributed by atoms with Gasteiger partial charge in [-0.3, -0.25) is 10.00 Å². The molecule has 3 aromatic rings. The van der Waals surface area contributed by atoms with Gasteiger partial charge in [-0.15, -0.1) is 0 Å². The lowest BCUT2D eigenvalue weighted by Crippen LogP contribution is -2.42. The van der Waals surface area contributed by atoms with Gasteiger partial charge < -0.3 is 20.5 Å². The van der Waals surface area contributed by atoms with Gasteiger partial charge in [0.05, 0.1) is 19.3 Å². The predicted molar refractivity (Wildman–Crippen MR) is 129 cm³/mol. The molecule has 4 N–H and O–H groups in total. The van der Waals surface area contributed by atoms with E-state index in [4.69, 9.17) is 16.3 Å². The lowest BCUT2D eigenvalue weighted by molar-refractivity contribution is 0.0171. The van der Waals surface area contributed by atoms with E-state index in [1.807, 2.05) is 43.3 Å². The van der Waals surface area contributed by atoms with Gasteiger partial charge in [0.15, 0.2) is 11.6 Å². The Labute approximate surface area is 197 Å². The lowest BCUT2D eigenvalue weighted by Gasteiger charge is -2.28. The molecule has 1 aliphatic rings. The normalized spacial score (nSPS) is 15.6. The second-order valence-corrected chi connectivity index (χ2v) is 8.17. The van der Waals surface area contributed by atoms with Crippen LogP contribution in [0.2, 0.25) is 5.02 Å². The van der Waals surface area contributed by atoms with Gasteiger partial charge in [0.1, 0.15) is 0 Å². The summed E-state index contributed by atoms with van der Waals surface area (Å²) in [6.07, 6.45) is 3.08. The molecule has 174 valence electrons. The topological polar surface area (TPSA) is 124 Å². The van der Waals surface area contributed by atoms with E-state index in [0.29, 0.717) is 54.9 Å². The summed E-state index contributed by atoms with van der Waals surface area (Å²) >= 11 is 6.07. The van der Waals surface area contributed by atoms with E-state index in [0.717, 1.165) is 24.3 Å². The van der Waals surface area contributed by atoms with Gasteiger partial charge in [-0.25, -0.2) is 0 Å². The van der Waals surface area contributed by atoms with Crippen LogP contribution < -0.4 is 10.6 Å². The molecule has 1 aromatic carbocycles. The molecule has 0 amide bonds. The minimum atomic E-state index is -0.573. The summed E-state index contributed by atoms with van der Waals surface area (Å²) in [5, 5.41) is 24.3. The van der Waals surface area contributed by atoms with Crippen LogP contribution in [0.25, 0.3) is 12.2 Å². The standard InChI is InChI=1S/C22H27ClN8O2/c1-15-11-20(30-29-15)27-22-26-19(6-5-16-3-2-4-17(23)12-16)25-21(28-22)24-13-18(32)14-31-7-9-33-10-8-31/h2-6,11-12,18,32H,7-10,13-14H2,1H3,(H3,24,25,26,27,28,29,30)/b6-5+. The quantitative estimate of drug-likeness (QED) is 0.373. The maximum Gasteiger partial charge on any atom is 0.233 e. The molecule has 11 heteroatoms. The number of anilines is 3. The second-order valence-electron chi connectivity index (χ2n) is 7.74. The van der Waals surface area contributed by atoms with Crippen molar-refractivity contribution in [2.24, 2.45) is 0 Å². The Hall–Kier alpha value is -3.05. The first-order chi connectivity index (χ1) is 16.0. The molecule has 1 atom stereocenters. The summed E-state index contributed by atoms with van der Waals surface area (Å²) < 4.78 is 5.35. The van der Waals surface area contributed by atoms with Crippen LogP contribution >= 0.6 is 11.6 Å². The Morgan fingerprint density at radius 2 is 2.00 bits per heavy atom. The molecular weight excluding hydrogens is 444 g/mol. The van der Waals surface area contributed by atoms with Crippen LogP contribution in [0.1, 0.15) is 17.1 Å². The summed E-state index contributed by atoms with van der Waals surface area (Å²) in [5.41, 5.74) is 1.84. The highest BCUT2D eigenvalue weighted by atomic mass is 35.5. The van der Waals surface area contributed by atoms with Gasteiger partial charge in [0.25, 0.3) is 0 Å². The zero-order chi connectivity index (χ0) is 23.0. The van der Waals surface area contributed by atoms with Gasteiger partial charge in [-0.1, -0.05) is 29.8 Å². The van der Waals surface area contributed by atoms with E-state index in [9.17, 15) is 5.11 Å². The molecule has 0 saturated carbocycles. The van der Waals surface area contributed by atoms with Crippen molar-refractivity contribution in [1.29, 1.82) is 0 Å². The van der Waals surface area contributed by atoms with Gasteiger partial charge in [0, 0.05) is 43.0 Å². The Morgan fingerprint density at radius 1 is 1.18 bits per heavy atom. The van der Waals surface area contributed by atoms with Crippen molar-refractivity contribution < 1.29 is 9.84 Å². The average Bonchev–Trinajstić information content (AvgIpc) is 3.21. The first kappa shape index (κ1) is 23.1. The second kappa shape index (κ2) is 11.2. The van der Waals surface area contributed by atoms with E-state index in [1.165, 1.54) is 0 Å². The third-order valence-corrected chi connectivity index (χ3v) is 5.18. The third kappa shape index (κ3) is 7.22. The summed E-state index contributed by atoms with van der Waals surface area (Å²) in [6.45, 7) is 5.79. The fraction of sp³-hybridized carbons (Fsp3) is 0.364. The molecule has 3 heterocycles. The fourth-order valence-corrected chi connectivity index (χ4v) is 3.53. The Balaban J connectivity index is 1.47. The maximum atomic E-state index is 10.4. The number of H-pyrrole nitrogens is 1. The van der Waals surface area contributed by atoms with E-state index < -0.39 is 6.10 Å². The van der Waals surface area contributed by atoms with Crippen molar-refractivity contribution in [3.63, 3.8) is 0 Å². The van der Waals surface area contributed by atoms with Crippen molar-refractivity contribution in [3.8, 4) is 0 Å². The predicted octanol–water partition coefficient (Wildman–Crippen LogP) is 2.58. The number of aromatic nitrogens is 5. The van der Waals surface area contributed by atoms with Crippen LogP contribution in [0.3, 0.4) is 0 Å². The highest BCUT2D eigenvalue weighted by molar-refractivity contribution is 6.30. The molecule has 1 fully saturated rings. The highest BCUT2D eigenvalue weighted by Crippen LogP contribution is 2.16. The lowest BCUT2D eigenvalue weighted by atomic mass is 10.2. The van der Waals surface area contributed by atoms with Gasteiger partial charge in [-0.05, 0) is 30.7 Å². The Kier molecular flexibility index (Phi) is 7.84. The molecule has 0 bridgehead atoms. The van der Waals surface area contributed by atoms with Crippen LogP contribution in [0.5, 0.6) is 0 Å². The number of aromatic amines is 1. The maximum absolute atomic E-state index is 10.4. The Bertz CT molecular complexity index is 1080. The monoisotopic (exact) mass is 470 g/mol. The smallest absolute Gasteiger partial charge is 0.233 e. The molecule has 10 nitrogen and oxygen atoms in total. The molecule has 0 spiro atoms. The fourth-order valence-electron chi connectivity index (χ4n) is 3.33. The molecule has 0 aliphatic carbocycles. The summed E-state index contributed by atoms with van der Waals surface area (Å²) in [7, 11) is 0. The molecular formula is C22H27ClN8O2. The number of hydrogen-bond acceptors (Lipinski definition) is 9. The van der Waals surface area contributed by atoms with E-state index >= 15 is 0 Å². The van der Waals surface area contributed by atoms with Gasteiger partial charge in [-0.2, -0.15) is 20.1 Å². The van der Waals surface area contributed by atoms with E-state index in [1.54, 1.807) is 6.08 Å². The van der Waals surface area contributed by atoms with Crippen LogP contribution in [0.4, 0.5) is 17.7 Å². The number of halogens is 1. The molecule has 0 radical (unpaired) electrons. The molecule has 2 aromatic heterocycles. The van der Waals surface area contributed by atoms with Crippen LogP contribution in [0.15, 0.2) is 30.3 Å². The first-order valence-electron chi connectivity index (χ1n) is 10.7. The SMILES string of the molecule is Cc1cc(Nc2nc(/C=C/c3cccc(Cl)c3)nc(NCC(O)CN3CCOCC3)n2)n[nH]1. The molecule has 33 heavy (non-hydrogen) atoms. The van der Waals surface area contributed by atoms with Gasteiger partial charge in [0.2, 0.25) is 11.9 Å². The van der Waals surface area contributed by atoms with E-state index in [2.05, 4.69) is 40.7 Å². The number of hydrogen-bond donors (Lipinski definition) is 4. The van der Waals surface area contributed by atoms with Crippen molar-refractivity contribution in [3.05, 3.63) is 52.4 Å². The minimum Gasteiger partial charge on any atom is -0.390 e. The first-order valence-corrected chi connectivity index (χ1v) is 11.1. The number of aryl methyl sites for hydroxylation is 1.